The highest BCUT2D eigenvalue weighted by molar-refractivity contribution is 5.29. The molecule has 3 heteroatoms. The van der Waals surface area contributed by atoms with Gasteiger partial charge in [0, 0.05) is 0 Å². The van der Waals surface area contributed by atoms with Crippen LogP contribution in [-0.2, 0) is 0 Å². The zero-order chi connectivity index (χ0) is 6.69. The normalized spacial score (nSPS) is 17.8. The molecule has 0 unspecified atom stereocenters. The number of nitrogens with zero attached hydrogens (tertiary/aromatic N) is 1. The molecule has 0 radical (unpaired) electrons. The van der Waals surface area contributed by atoms with Gasteiger partial charge in [0.25, 0.3) is 0 Å². The predicted molar refractivity (Wildman–Crippen MR) is 31.4 cm³/mol. The molecule has 0 fully saturated rings. The molecule has 0 amide bonds. The van der Waals surface area contributed by atoms with Gasteiger partial charge in [0.2, 0.25) is 0 Å². The smallest absolute Gasteiger partial charge is 0.0966 e. The monoisotopic (exact) mass is 124 g/mol. The van der Waals surface area contributed by atoms with Gasteiger partial charge in [-0.1, -0.05) is 0 Å². The minimum atomic E-state index is 0.692. The van der Waals surface area contributed by atoms with Crippen molar-refractivity contribution in [2.24, 2.45) is 0 Å². The van der Waals surface area contributed by atoms with Gasteiger partial charge in [0.15, 0.2) is 0 Å². The van der Waals surface area contributed by atoms with Gasteiger partial charge in [-0.25, -0.2) is 0 Å². The van der Waals surface area contributed by atoms with Crippen molar-refractivity contribution in [3.8, 4) is 6.07 Å². The Morgan fingerprint density at radius 2 is 2.33 bits per heavy atom. The lowest BCUT2D eigenvalue weighted by Crippen LogP contribution is -2.05. The van der Waals surface area contributed by atoms with Crippen LogP contribution in [0.2, 0.25) is 0 Å². The molecule has 0 saturated carbocycles. The standard InChI is InChI=1S/C6H8N2O/c7-4-5-2-1-3-6(5)8-9/h8-9H,1-3H2. The van der Waals surface area contributed by atoms with Crippen LogP contribution >= 0.6 is 0 Å². The lowest BCUT2D eigenvalue weighted by atomic mass is 10.2. The summed E-state index contributed by atoms with van der Waals surface area (Å²) in [6.45, 7) is 0. The Hall–Kier alpha value is -1.01. The number of rotatable bonds is 1. The lowest BCUT2D eigenvalue weighted by Gasteiger charge is -1.95. The number of hydroxylamine groups is 1. The van der Waals surface area contributed by atoms with E-state index in [0.29, 0.717) is 11.3 Å². The number of hydrogen-bond acceptors (Lipinski definition) is 3. The summed E-state index contributed by atoms with van der Waals surface area (Å²) in [6, 6.07) is 2.02. The van der Waals surface area contributed by atoms with E-state index in [1.807, 2.05) is 11.5 Å². The number of nitriles is 1. The van der Waals surface area contributed by atoms with Crippen molar-refractivity contribution in [3.63, 3.8) is 0 Å². The van der Waals surface area contributed by atoms with Crippen molar-refractivity contribution in [3.05, 3.63) is 11.3 Å². The fourth-order valence-corrected chi connectivity index (χ4v) is 0.990. The quantitative estimate of drug-likeness (QED) is 0.511. The average Bonchev–Trinajstić information content (AvgIpc) is 2.33. The fourth-order valence-electron chi connectivity index (χ4n) is 0.990. The summed E-state index contributed by atoms with van der Waals surface area (Å²) in [4.78, 5) is 0. The van der Waals surface area contributed by atoms with Crippen molar-refractivity contribution in [1.82, 2.24) is 5.48 Å². The van der Waals surface area contributed by atoms with E-state index in [9.17, 15) is 0 Å². The highest BCUT2D eigenvalue weighted by Gasteiger charge is 2.12. The molecule has 0 bridgehead atoms. The van der Waals surface area contributed by atoms with E-state index < -0.39 is 0 Å². The predicted octanol–water partition coefficient (Wildman–Crippen LogP) is 0.927. The van der Waals surface area contributed by atoms with Gasteiger partial charge in [0.05, 0.1) is 17.3 Å². The molecule has 1 aliphatic carbocycles. The van der Waals surface area contributed by atoms with Gasteiger partial charge in [-0.15, -0.1) is 0 Å². The Morgan fingerprint density at radius 1 is 1.56 bits per heavy atom. The Kier molecular flexibility index (Phi) is 1.71. The topological polar surface area (TPSA) is 56.0 Å². The first kappa shape index (κ1) is 6.12. The van der Waals surface area contributed by atoms with Crippen LogP contribution in [0.1, 0.15) is 19.3 Å². The third-order valence-corrected chi connectivity index (χ3v) is 1.49. The van der Waals surface area contributed by atoms with E-state index in [4.69, 9.17) is 10.5 Å². The van der Waals surface area contributed by atoms with Crippen molar-refractivity contribution < 1.29 is 5.21 Å². The molecule has 0 atom stereocenters. The van der Waals surface area contributed by atoms with E-state index in [-0.39, 0.29) is 0 Å². The third-order valence-electron chi connectivity index (χ3n) is 1.49. The maximum absolute atomic E-state index is 8.41. The van der Waals surface area contributed by atoms with E-state index in [1.54, 1.807) is 0 Å². The molecular weight excluding hydrogens is 116 g/mol. The molecule has 0 aromatic rings. The fraction of sp³-hybridized carbons (Fsp3) is 0.500. The number of hydrogen-bond donors (Lipinski definition) is 2. The summed E-state index contributed by atoms with van der Waals surface area (Å²) in [5.41, 5.74) is 3.41. The maximum Gasteiger partial charge on any atom is 0.0966 e. The Morgan fingerprint density at radius 3 is 2.78 bits per heavy atom. The van der Waals surface area contributed by atoms with Gasteiger partial charge >= 0.3 is 0 Å². The van der Waals surface area contributed by atoms with Crippen LogP contribution in [0.5, 0.6) is 0 Å². The highest BCUT2D eigenvalue weighted by Crippen LogP contribution is 2.22. The minimum Gasteiger partial charge on any atom is -0.291 e. The molecule has 0 saturated heterocycles. The molecule has 0 aromatic carbocycles. The Labute approximate surface area is 53.6 Å². The molecule has 0 heterocycles. The maximum atomic E-state index is 8.41. The summed E-state index contributed by atoms with van der Waals surface area (Å²) >= 11 is 0. The second-order valence-corrected chi connectivity index (χ2v) is 2.03. The van der Waals surface area contributed by atoms with Crippen LogP contribution in [0, 0.1) is 11.3 Å². The lowest BCUT2D eigenvalue weighted by molar-refractivity contribution is 0.197. The number of nitrogens with one attached hydrogen (secondary N) is 1. The van der Waals surface area contributed by atoms with Gasteiger partial charge < -0.3 is 0 Å². The first-order chi connectivity index (χ1) is 4.38. The molecule has 0 aromatic heterocycles. The van der Waals surface area contributed by atoms with Crippen LogP contribution in [-0.4, -0.2) is 5.21 Å². The Bertz CT molecular complexity index is 178. The zero-order valence-electron chi connectivity index (χ0n) is 5.02. The molecule has 1 aliphatic rings. The summed E-state index contributed by atoms with van der Waals surface area (Å²) < 4.78 is 0. The van der Waals surface area contributed by atoms with E-state index >= 15 is 0 Å². The van der Waals surface area contributed by atoms with Gasteiger partial charge in [-0.05, 0) is 19.3 Å². The minimum absolute atomic E-state index is 0.692. The average molecular weight is 124 g/mol. The largest absolute Gasteiger partial charge is 0.291 e. The first-order valence-electron chi connectivity index (χ1n) is 2.90. The van der Waals surface area contributed by atoms with Crippen molar-refractivity contribution in [1.29, 1.82) is 5.26 Å². The van der Waals surface area contributed by atoms with Crippen LogP contribution in [0.25, 0.3) is 0 Å². The molecule has 0 spiro atoms. The molecular formula is C6H8N2O. The summed E-state index contributed by atoms with van der Waals surface area (Å²) in [5.74, 6) is 0. The van der Waals surface area contributed by atoms with E-state index in [1.165, 1.54) is 0 Å². The summed E-state index contributed by atoms with van der Waals surface area (Å²) in [6.07, 6.45) is 2.59. The third kappa shape index (κ3) is 1.03. The van der Waals surface area contributed by atoms with Crippen LogP contribution in [0.3, 0.4) is 0 Å². The van der Waals surface area contributed by atoms with Gasteiger partial charge in [-0.2, -0.15) is 5.26 Å². The van der Waals surface area contributed by atoms with Crippen LogP contribution < -0.4 is 5.48 Å². The molecule has 9 heavy (non-hydrogen) atoms. The Balaban J connectivity index is 2.73. The van der Waals surface area contributed by atoms with Crippen molar-refractivity contribution in [2.75, 3.05) is 0 Å². The molecule has 0 aliphatic heterocycles. The highest BCUT2D eigenvalue weighted by atomic mass is 16.5. The molecule has 48 valence electrons. The molecule has 3 nitrogen and oxygen atoms in total. The van der Waals surface area contributed by atoms with E-state index in [0.717, 1.165) is 19.3 Å². The molecule has 1 rings (SSSR count). The van der Waals surface area contributed by atoms with Crippen LogP contribution in [0.4, 0.5) is 0 Å². The van der Waals surface area contributed by atoms with Gasteiger partial charge in [-0.3, -0.25) is 10.7 Å². The van der Waals surface area contributed by atoms with Crippen molar-refractivity contribution in [2.45, 2.75) is 19.3 Å². The van der Waals surface area contributed by atoms with E-state index in [2.05, 4.69) is 0 Å². The van der Waals surface area contributed by atoms with Gasteiger partial charge in [0.1, 0.15) is 0 Å². The first-order valence-corrected chi connectivity index (χ1v) is 2.90. The number of allylic oxidation sites excluding steroid dienone is 2. The SMILES string of the molecule is N#CC1=C(NO)CCC1. The van der Waals surface area contributed by atoms with Crippen molar-refractivity contribution >= 4 is 0 Å². The molecule has 2 N–H and O–H groups in total. The second-order valence-electron chi connectivity index (χ2n) is 2.03. The van der Waals surface area contributed by atoms with Crippen LogP contribution in [0.15, 0.2) is 11.3 Å². The summed E-state index contributed by atoms with van der Waals surface area (Å²) in [5, 5.41) is 16.8. The zero-order valence-corrected chi connectivity index (χ0v) is 5.02. The summed E-state index contributed by atoms with van der Waals surface area (Å²) in [7, 11) is 0. The second kappa shape index (κ2) is 2.51.